The lowest BCUT2D eigenvalue weighted by Crippen LogP contribution is -2.14. The first-order chi connectivity index (χ1) is 7.74. The van der Waals surface area contributed by atoms with Crippen LogP contribution in [0.3, 0.4) is 0 Å². The summed E-state index contributed by atoms with van der Waals surface area (Å²) in [7, 11) is 1.87. The van der Waals surface area contributed by atoms with Gasteiger partial charge in [-0.2, -0.15) is 0 Å². The van der Waals surface area contributed by atoms with Gasteiger partial charge in [0.15, 0.2) is 0 Å². The number of hydrogen-bond acceptors (Lipinski definition) is 3. The third kappa shape index (κ3) is 2.32. The zero-order chi connectivity index (χ0) is 11.5. The maximum Gasteiger partial charge on any atom is 0.228 e. The molecule has 1 aromatic rings. The number of anilines is 2. The molecule has 0 atom stereocenters. The average molecular weight is 219 g/mol. The van der Waals surface area contributed by atoms with Crippen molar-refractivity contribution in [1.29, 1.82) is 0 Å². The van der Waals surface area contributed by atoms with E-state index in [4.69, 9.17) is 0 Å². The summed E-state index contributed by atoms with van der Waals surface area (Å²) in [4.78, 5) is 15.8. The van der Waals surface area contributed by atoms with Crippen LogP contribution in [0.4, 0.5) is 11.5 Å². The van der Waals surface area contributed by atoms with E-state index in [-0.39, 0.29) is 11.8 Å². The van der Waals surface area contributed by atoms with E-state index in [1.54, 1.807) is 6.20 Å². The molecule has 0 spiro atoms. The van der Waals surface area contributed by atoms with E-state index < -0.39 is 0 Å². The van der Waals surface area contributed by atoms with Crippen LogP contribution in [0.25, 0.3) is 0 Å². The van der Waals surface area contributed by atoms with Gasteiger partial charge in [-0.15, -0.1) is 0 Å². The summed E-state index contributed by atoms with van der Waals surface area (Å²) in [5, 5.41) is 5.94. The van der Waals surface area contributed by atoms with Crippen molar-refractivity contribution in [2.75, 3.05) is 17.7 Å². The standard InChI is InChI=1S/C12H17N3O/c1-3-8-6-11(14-7-10(8)13-2)15-12(16)9-4-5-9/h6-7,9,13H,3-5H2,1-2H3,(H,14,15,16). The highest BCUT2D eigenvalue weighted by Gasteiger charge is 2.29. The molecule has 4 heteroatoms. The maximum absolute atomic E-state index is 11.6. The topological polar surface area (TPSA) is 54.0 Å². The van der Waals surface area contributed by atoms with Crippen molar-refractivity contribution in [2.45, 2.75) is 26.2 Å². The third-order valence-corrected chi connectivity index (χ3v) is 2.84. The van der Waals surface area contributed by atoms with Crippen LogP contribution in [-0.2, 0) is 11.2 Å². The van der Waals surface area contributed by atoms with E-state index in [1.165, 1.54) is 5.56 Å². The van der Waals surface area contributed by atoms with Crippen LogP contribution < -0.4 is 10.6 Å². The number of amides is 1. The van der Waals surface area contributed by atoms with Crippen molar-refractivity contribution in [3.05, 3.63) is 17.8 Å². The molecule has 0 unspecified atom stereocenters. The molecule has 86 valence electrons. The molecule has 2 rings (SSSR count). The highest BCUT2D eigenvalue weighted by atomic mass is 16.2. The molecule has 1 saturated carbocycles. The van der Waals surface area contributed by atoms with Gasteiger partial charge in [-0.1, -0.05) is 6.92 Å². The second kappa shape index (κ2) is 4.51. The molecule has 0 aromatic carbocycles. The number of aryl methyl sites for hydroxylation is 1. The van der Waals surface area contributed by atoms with Gasteiger partial charge >= 0.3 is 0 Å². The minimum atomic E-state index is 0.103. The summed E-state index contributed by atoms with van der Waals surface area (Å²) in [6, 6.07) is 1.94. The number of nitrogens with zero attached hydrogens (tertiary/aromatic N) is 1. The number of aromatic nitrogens is 1. The van der Waals surface area contributed by atoms with Crippen molar-refractivity contribution in [1.82, 2.24) is 4.98 Å². The van der Waals surface area contributed by atoms with Crippen molar-refractivity contribution in [3.63, 3.8) is 0 Å². The van der Waals surface area contributed by atoms with Crippen LogP contribution in [0.15, 0.2) is 12.3 Å². The van der Waals surface area contributed by atoms with Crippen molar-refractivity contribution in [3.8, 4) is 0 Å². The van der Waals surface area contributed by atoms with Crippen molar-refractivity contribution in [2.24, 2.45) is 5.92 Å². The molecule has 1 aromatic heterocycles. The van der Waals surface area contributed by atoms with E-state index in [9.17, 15) is 4.79 Å². The van der Waals surface area contributed by atoms with Crippen molar-refractivity contribution >= 4 is 17.4 Å². The predicted octanol–water partition coefficient (Wildman–Crippen LogP) is 2.03. The van der Waals surface area contributed by atoms with Gasteiger partial charge in [-0.3, -0.25) is 4.79 Å². The molecule has 1 aliphatic carbocycles. The minimum Gasteiger partial charge on any atom is -0.387 e. The van der Waals surface area contributed by atoms with Gasteiger partial charge in [0.1, 0.15) is 5.82 Å². The van der Waals surface area contributed by atoms with Crippen LogP contribution in [0.5, 0.6) is 0 Å². The van der Waals surface area contributed by atoms with E-state index in [2.05, 4.69) is 22.5 Å². The van der Waals surface area contributed by atoms with Crippen LogP contribution in [-0.4, -0.2) is 17.9 Å². The predicted molar refractivity (Wildman–Crippen MR) is 64.5 cm³/mol. The fourth-order valence-corrected chi connectivity index (χ4v) is 1.66. The van der Waals surface area contributed by atoms with E-state index in [0.717, 1.165) is 24.9 Å². The lowest BCUT2D eigenvalue weighted by atomic mass is 10.1. The summed E-state index contributed by atoms with van der Waals surface area (Å²) in [6.07, 6.45) is 4.72. The zero-order valence-corrected chi connectivity index (χ0v) is 9.71. The second-order valence-electron chi connectivity index (χ2n) is 4.09. The van der Waals surface area contributed by atoms with Gasteiger partial charge in [-0.25, -0.2) is 4.98 Å². The largest absolute Gasteiger partial charge is 0.387 e. The third-order valence-electron chi connectivity index (χ3n) is 2.84. The SMILES string of the molecule is CCc1cc(NC(=O)C2CC2)ncc1NC. The summed E-state index contributed by atoms with van der Waals surface area (Å²) < 4.78 is 0. The Morgan fingerprint density at radius 2 is 2.31 bits per heavy atom. The van der Waals surface area contributed by atoms with E-state index in [1.807, 2.05) is 13.1 Å². The van der Waals surface area contributed by atoms with Gasteiger partial charge in [0.2, 0.25) is 5.91 Å². The molecule has 1 aliphatic rings. The van der Waals surface area contributed by atoms with Gasteiger partial charge in [-0.05, 0) is 30.9 Å². The Bertz CT molecular complexity index is 399. The Morgan fingerprint density at radius 3 is 2.88 bits per heavy atom. The zero-order valence-electron chi connectivity index (χ0n) is 9.71. The molecule has 1 amide bonds. The maximum atomic E-state index is 11.6. The van der Waals surface area contributed by atoms with Crippen molar-refractivity contribution < 1.29 is 4.79 Å². The minimum absolute atomic E-state index is 0.103. The lowest BCUT2D eigenvalue weighted by molar-refractivity contribution is -0.117. The summed E-state index contributed by atoms with van der Waals surface area (Å²) in [5.41, 5.74) is 2.19. The molecule has 0 radical (unpaired) electrons. The molecular weight excluding hydrogens is 202 g/mol. The Labute approximate surface area is 95.5 Å². The van der Waals surface area contributed by atoms with Gasteiger partial charge in [0.25, 0.3) is 0 Å². The molecule has 2 N–H and O–H groups in total. The highest BCUT2D eigenvalue weighted by molar-refractivity contribution is 5.93. The summed E-state index contributed by atoms with van der Waals surface area (Å²) in [5.74, 6) is 0.982. The normalized spacial score (nSPS) is 14.6. The molecule has 1 heterocycles. The van der Waals surface area contributed by atoms with Crippen LogP contribution in [0, 0.1) is 5.92 Å². The van der Waals surface area contributed by atoms with E-state index >= 15 is 0 Å². The van der Waals surface area contributed by atoms with E-state index in [0.29, 0.717) is 5.82 Å². The number of pyridine rings is 1. The smallest absolute Gasteiger partial charge is 0.228 e. The van der Waals surface area contributed by atoms with Crippen LogP contribution in [0.2, 0.25) is 0 Å². The summed E-state index contributed by atoms with van der Waals surface area (Å²) in [6.45, 7) is 2.09. The first kappa shape index (κ1) is 10.9. The Balaban J connectivity index is 2.12. The van der Waals surface area contributed by atoms with Gasteiger partial charge in [0.05, 0.1) is 11.9 Å². The number of carbonyl (C=O) groups excluding carboxylic acids is 1. The Hall–Kier alpha value is -1.58. The Kier molecular flexibility index (Phi) is 3.08. The number of carbonyl (C=O) groups is 1. The van der Waals surface area contributed by atoms with Gasteiger partial charge in [0, 0.05) is 13.0 Å². The molecule has 4 nitrogen and oxygen atoms in total. The molecule has 0 bridgehead atoms. The number of rotatable bonds is 4. The molecule has 0 aliphatic heterocycles. The fraction of sp³-hybridized carbons (Fsp3) is 0.500. The fourth-order valence-electron chi connectivity index (χ4n) is 1.66. The second-order valence-corrected chi connectivity index (χ2v) is 4.09. The summed E-state index contributed by atoms with van der Waals surface area (Å²) >= 11 is 0. The van der Waals surface area contributed by atoms with Crippen LogP contribution in [0.1, 0.15) is 25.3 Å². The molecule has 0 saturated heterocycles. The first-order valence-electron chi connectivity index (χ1n) is 5.72. The number of hydrogen-bond donors (Lipinski definition) is 2. The monoisotopic (exact) mass is 219 g/mol. The average Bonchev–Trinajstić information content (AvgIpc) is 3.12. The highest BCUT2D eigenvalue weighted by Crippen LogP contribution is 2.30. The first-order valence-corrected chi connectivity index (χ1v) is 5.72. The van der Waals surface area contributed by atoms with Gasteiger partial charge < -0.3 is 10.6 Å². The quantitative estimate of drug-likeness (QED) is 0.814. The molecule has 1 fully saturated rings. The molecular formula is C12H17N3O. The lowest BCUT2D eigenvalue weighted by Gasteiger charge is -2.09. The Morgan fingerprint density at radius 1 is 1.56 bits per heavy atom. The number of nitrogens with one attached hydrogen (secondary N) is 2. The molecule has 16 heavy (non-hydrogen) atoms. The van der Waals surface area contributed by atoms with Crippen LogP contribution >= 0.6 is 0 Å².